The molecule has 1 N–H and O–H groups in total. The summed E-state index contributed by atoms with van der Waals surface area (Å²) in [6, 6.07) is 12.1. The van der Waals surface area contributed by atoms with E-state index < -0.39 is 0 Å². The molecule has 0 radical (unpaired) electrons. The van der Waals surface area contributed by atoms with E-state index in [0.29, 0.717) is 5.89 Å². The van der Waals surface area contributed by atoms with Crippen LogP contribution in [0.15, 0.2) is 59.5 Å². The lowest BCUT2D eigenvalue weighted by atomic mass is 10.1. The van der Waals surface area contributed by atoms with Crippen molar-refractivity contribution in [3.05, 3.63) is 66.5 Å². The van der Waals surface area contributed by atoms with Gasteiger partial charge in [-0.15, -0.1) is 0 Å². The summed E-state index contributed by atoms with van der Waals surface area (Å²) < 4.78 is 5.22. The lowest BCUT2D eigenvalue weighted by molar-refractivity contribution is 0.521. The highest BCUT2D eigenvalue weighted by Gasteiger charge is 2.03. The summed E-state index contributed by atoms with van der Waals surface area (Å²) in [7, 11) is 0. The number of aromatic nitrogens is 2. The first-order valence-electron chi connectivity index (χ1n) is 6.46. The van der Waals surface area contributed by atoms with E-state index >= 15 is 0 Å². The minimum atomic E-state index is 0.679. The van der Waals surface area contributed by atoms with Crippen molar-refractivity contribution in [3.8, 4) is 11.3 Å². The highest BCUT2D eigenvalue weighted by atomic mass is 16.3. The average Bonchev–Trinajstić information content (AvgIpc) is 2.93. The van der Waals surface area contributed by atoms with Gasteiger partial charge in [0.15, 0.2) is 5.89 Å². The quantitative estimate of drug-likeness (QED) is 0.782. The molecule has 100 valence electrons. The van der Waals surface area contributed by atoms with Gasteiger partial charge in [0, 0.05) is 37.1 Å². The molecule has 0 amide bonds. The van der Waals surface area contributed by atoms with Crippen LogP contribution in [0.4, 0.5) is 5.69 Å². The summed E-state index contributed by atoms with van der Waals surface area (Å²) in [5, 5.41) is 3.36. The van der Waals surface area contributed by atoms with Gasteiger partial charge in [0.2, 0.25) is 0 Å². The Morgan fingerprint density at radius 2 is 2.00 bits per heavy atom. The fourth-order valence-electron chi connectivity index (χ4n) is 1.96. The number of rotatable bonds is 4. The second kappa shape index (κ2) is 5.57. The van der Waals surface area contributed by atoms with Crippen molar-refractivity contribution in [2.24, 2.45) is 0 Å². The molecule has 2 aromatic heterocycles. The summed E-state index contributed by atoms with van der Waals surface area (Å²) in [4.78, 5) is 8.40. The minimum absolute atomic E-state index is 0.679. The summed E-state index contributed by atoms with van der Waals surface area (Å²) >= 11 is 0. The van der Waals surface area contributed by atoms with E-state index in [9.17, 15) is 0 Å². The Bertz CT molecular complexity index is 674. The molecular weight excluding hydrogens is 250 g/mol. The number of anilines is 1. The van der Waals surface area contributed by atoms with Gasteiger partial charge in [-0.05, 0) is 23.8 Å². The Morgan fingerprint density at radius 1 is 1.15 bits per heavy atom. The third kappa shape index (κ3) is 2.85. The van der Waals surface area contributed by atoms with E-state index in [1.54, 1.807) is 12.5 Å². The molecule has 0 aliphatic carbocycles. The molecule has 0 saturated heterocycles. The molecule has 4 nitrogen and oxygen atoms in total. The highest BCUT2D eigenvalue weighted by molar-refractivity contribution is 5.61. The molecule has 0 aliphatic rings. The average molecular weight is 265 g/mol. The maximum atomic E-state index is 5.22. The van der Waals surface area contributed by atoms with Crippen LogP contribution in [-0.4, -0.2) is 9.97 Å². The van der Waals surface area contributed by atoms with Gasteiger partial charge in [-0.2, -0.15) is 0 Å². The molecule has 3 aromatic rings. The fourth-order valence-corrected chi connectivity index (χ4v) is 1.96. The van der Waals surface area contributed by atoms with Crippen molar-refractivity contribution < 1.29 is 4.42 Å². The van der Waals surface area contributed by atoms with Crippen LogP contribution in [0.1, 0.15) is 11.5 Å². The van der Waals surface area contributed by atoms with Gasteiger partial charge in [0.1, 0.15) is 12.0 Å². The zero-order valence-electron chi connectivity index (χ0n) is 11.2. The SMILES string of the molecule is Cc1nc(-c2ccc(NCc3cccnc3)cc2)co1. The van der Waals surface area contributed by atoms with Crippen LogP contribution in [0.2, 0.25) is 0 Å². The first-order valence-corrected chi connectivity index (χ1v) is 6.46. The normalized spacial score (nSPS) is 10.4. The minimum Gasteiger partial charge on any atom is -0.449 e. The molecule has 0 aliphatic heterocycles. The lowest BCUT2D eigenvalue weighted by Crippen LogP contribution is -1.99. The van der Waals surface area contributed by atoms with Crippen LogP contribution in [0.3, 0.4) is 0 Å². The first kappa shape index (κ1) is 12.4. The Labute approximate surface area is 117 Å². The largest absolute Gasteiger partial charge is 0.449 e. The number of aryl methyl sites for hydroxylation is 1. The zero-order valence-corrected chi connectivity index (χ0v) is 11.2. The number of benzene rings is 1. The van der Waals surface area contributed by atoms with E-state index in [4.69, 9.17) is 4.42 Å². The number of nitrogens with zero attached hydrogens (tertiary/aromatic N) is 2. The molecule has 0 bridgehead atoms. The molecule has 4 heteroatoms. The van der Waals surface area contributed by atoms with Crippen molar-refractivity contribution in [2.75, 3.05) is 5.32 Å². The van der Waals surface area contributed by atoms with E-state index in [-0.39, 0.29) is 0 Å². The van der Waals surface area contributed by atoms with Crippen molar-refractivity contribution in [3.63, 3.8) is 0 Å². The maximum absolute atomic E-state index is 5.22. The molecule has 0 saturated carbocycles. The van der Waals surface area contributed by atoms with E-state index in [1.165, 1.54) is 0 Å². The lowest BCUT2D eigenvalue weighted by Gasteiger charge is -2.06. The van der Waals surface area contributed by atoms with Gasteiger partial charge in [0.05, 0.1) is 0 Å². The van der Waals surface area contributed by atoms with Crippen molar-refractivity contribution >= 4 is 5.69 Å². The zero-order chi connectivity index (χ0) is 13.8. The van der Waals surface area contributed by atoms with Gasteiger partial charge < -0.3 is 9.73 Å². The van der Waals surface area contributed by atoms with Crippen LogP contribution >= 0.6 is 0 Å². The first-order chi connectivity index (χ1) is 9.81. The maximum Gasteiger partial charge on any atom is 0.191 e. The van der Waals surface area contributed by atoms with Crippen LogP contribution < -0.4 is 5.32 Å². The van der Waals surface area contributed by atoms with Gasteiger partial charge in [-0.1, -0.05) is 18.2 Å². The summed E-state index contributed by atoms with van der Waals surface area (Å²) in [5.74, 6) is 0.679. The number of pyridine rings is 1. The van der Waals surface area contributed by atoms with Crippen molar-refractivity contribution in [1.82, 2.24) is 9.97 Å². The Hall–Kier alpha value is -2.62. The van der Waals surface area contributed by atoms with Gasteiger partial charge >= 0.3 is 0 Å². The molecular formula is C16H15N3O. The standard InChI is InChI=1S/C16H15N3O/c1-12-19-16(11-20-12)14-4-6-15(7-5-14)18-10-13-3-2-8-17-9-13/h2-9,11,18H,10H2,1H3. The predicted molar refractivity (Wildman–Crippen MR) is 78.2 cm³/mol. The van der Waals surface area contributed by atoms with Crippen LogP contribution in [0, 0.1) is 6.92 Å². The third-order valence-corrected chi connectivity index (χ3v) is 3.02. The second-order valence-corrected chi connectivity index (χ2v) is 4.54. The van der Waals surface area contributed by atoms with Crippen LogP contribution in [-0.2, 0) is 6.54 Å². The molecule has 0 unspecified atom stereocenters. The Balaban J connectivity index is 1.67. The summed E-state index contributed by atoms with van der Waals surface area (Å²) in [6.07, 6.45) is 5.31. The van der Waals surface area contributed by atoms with Crippen LogP contribution in [0.5, 0.6) is 0 Å². The second-order valence-electron chi connectivity index (χ2n) is 4.54. The Morgan fingerprint density at radius 3 is 2.65 bits per heavy atom. The number of hydrogen-bond donors (Lipinski definition) is 1. The predicted octanol–water partition coefficient (Wildman–Crippen LogP) is 3.66. The van der Waals surface area contributed by atoms with E-state index in [0.717, 1.165) is 29.1 Å². The fraction of sp³-hybridized carbons (Fsp3) is 0.125. The Kier molecular flexibility index (Phi) is 3.46. The number of oxazole rings is 1. The van der Waals surface area contributed by atoms with Crippen molar-refractivity contribution in [2.45, 2.75) is 13.5 Å². The molecule has 20 heavy (non-hydrogen) atoms. The summed E-state index contributed by atoms with van der Waals surface area (Å²) in [6.45, 7) is 2.60. The third-order valence-electron chi connectivity index (χ3n) is 3.02. The molecule has 2 heterocycles. The van der Waals surface area contributed by atoms with Gasteiger partial charge in [-0.25, -0.2) is 4.98 Å². The molecule has 1 aromatic carbocycles. The monoisotopic (exact) mass is 265 g/mol. The van der Waals surface area contributed by atoms with Crippen molar-refractivity contribution in [1.29, 1.82) is 0 Å². The molecule has 0 spiro atoms. The smallest absolute Gasteiger partial charge is 0.191 e. The van der Waals surface area contributed by atoms with Gasteiger partial charge in [0.25, 0.3) is 0 Å². The van der Waals surface area contributed by atoms with Gasteiger partial charge in [-0.3, -0.25) is 4.98 Å². The van der Waals surface area contributed by atoms with E-state index in [2.05, 4.69) is 15.3 Å². The van der Waals surface area contributed by atoms with Crippen LogP contribution in [0.25, 0.3) is 11.3 Å². The summed E-state index contributed by atoms with van der Waals surface area (Å²) in [5.41, 5.74) is 4.14. The highest BCUT2D eigenvalue weighted by Crippen LogP contribution is 2.20. The molecule has 3 rings (SSSR count). The molecule has 0 atom stereocenters. The van der Waals surface area contributed by atoms with E-state index in [1.807, 2.05) is 49.5 Å². The number of hydrogen-bond acceptors (Lipinski definition) is 4. The molecule has 0 fully saturated rings. The number of nitrogens with one attached hydrogen (secondary N) is 1. The topological polar surface area (TPSA) is 51.0 Å².